The first-order chi connectivity index (χ1) is 13.6. The van der Waals surface area contributed by atoms with E-state index in [0.29, 0.717) is 17.7 Å². The Bertz CT molecular complexity index is 1090. The van der Waals surface area contributed by atoms with E-state index < -0.39 is 17.9 Å². The van der Waals surface area contributed by atoms with Crippen molar-refractivity contribution in [2.24, 2.45) is 0 Å². The summed E-state index contributed by atoms with van der Waals surface area (Å²) in [5.74, 6) is -0.918. The maximum atomic E-state index is 13.0. The average molecular weight is 373 g/mol. The summed E-state index contributed by atoms with van der Waals surface area (Å²) in [4.78, 5) is 39.7. The van der Waals surface area contributed by atoms with Crippen LogP contribution in [0.3, 0.4) is 0 Å². The molecule has 3 aromatic rings. The zero-order valence-electron chi connectivity index (χ0n) is 15.4. The third-order valence-electron chi connectivity index (χ3n) is 4.92. The van der Waals surface area contributed by atoms with Gasteiger partial charge in [-0.2, -0.15) is 0 Å². The van der Waals surface area contributed by atoms with Crippen LogP contribution in [-0.2, 0) is 4.79 Å². The minimum Gasteiger partial charge on any atom is -0.480 e. The maximum Gasteiger partial charge on any atom is 0.270 e. The van der Waals surface area contributed by atoms with Crippen LogP contribution in [0.1, 0.15) is 34.1 Å². The predicted octanol–water partition coefficient (Wildman–Crippen LogP) is 3.86. The lowest BCUT2D eigenvalue weighted by atomic mass is 10.0. The number of fused-ring (bicyclic) bond motifs is 2. The fourth-order valence-corrected chi connectivity index (χ4v) is 3.37. The minimum absolute atomic E-state index is 0.290. The third kappa shape index (κ3) is 3.16. The molecule has 5 heteroatoms. The molecule has 1 atom stereocenters. The van der Waals surface area contributed by atoms with Crippen LogP contribution < -0.4 is 4.74 Å². The number of ketones is 1. The van der Waals surface area contributed by atoms with Gasteiger partial charge in [-0.3, -0.25) is 19.3 Å². The Balaban J connectivity index is 1.67. The predicted molar refractivity (Wildman–Crippen MR) is 105 cm³/mol. The normalized spacial score (nSPS) is 16.5. The van der Waals surface area contributed by atoms with Crippen LogP contribution in [0, 0.1) is 0 Å². The van der Waals surface area contributed by atoms with Gasteiger partial charge in [-0.25, -0.2) is 0 Å². The molecule has 0 N–H and O–H groups in total. The van der Waals surface area contributed by atoms with Gasteiger partial charge >= 0.3 is 0 Å². The van der Waals surface area contributed by atoms with Crippen molar-refractivity contribution in [3.63, 3.8) is 0 Å². The molecule has 2 amide bonds. The van der Waals surface area contributed by atoms with Gasteiger partial charge < -0.3 is 4.74 Å². The highest BCUT2D eigenvalue weighted by Crippen LogP contribution is 2.27. The molecule has 0 spiro atoms. The summed E-state index contributed by atoms with van der Waals surface area (Å²) in [6.45, 7) is 1.49. The van der Waals surface area contributed by atoms with Gasteiger partial charge in [0.25, 0.3) is 11.8 Å². The van der Waals surface area contributed by atoms with Gasteiger partial charge in [0, 0.05) is 5.56 Å². The molecule has 0 radical (unpaired) electrons. The fraction of sp³-hybridized carbons (Fsp3) is 0.174. The standard InChI is InChI=1S/C23H19NO4/c1-2-20-23(27)24(22(26)18-9-5-6-10-21(18)28-20)14-19(25)17-12-11-15-7-3-4-8-16(15)13-17/h3-13,20H,2,14H2,1H3/t20-/m1/s1. The molecular weight excluding hydrogens is 354 g/mol. The molecule has 4 rings (SSSR count). The number of ether oxygens (including phenoxy) is 1. The molecule has 0 aliphatic carbocycles. The summed E-state index contributed by atoms with van der Waals surface area (Å²) in [6.07, 6.45) is -0.391. The highest BCUT2D eigenvalue weighted by Gasteiger charge is 2.36. The Kier molecular flexibility index (Phi) is 4.65. The van der Waals surface area contributed by atoms with Crippen molar-refractivity contribution in [2.75, 3.05) is 6.54 Å². The molecule has 0 bridgehead atoms. The number of para-hydroxylation sites is 1. The zero-order valence-corrected chi connectivity index (χ0v) is 15.4. The van der Waals surface area contributed by atoms with Crippen LogP contribution in [0.2, 0.25) is 0 Å². The van der Waals surface area contributed by atoms with E-state index in [-0.39, 0.29) is 17.9 Å². The second-order valence-electron chi connectivity index (χ2n) is 6.73. The van der Waals surface area contributed by atoms with E-state index in [0.717, 1.165) is 15.7 Å². The van der Waals surface area contributed by atoms with Crippen LogP contribution in [-0.4, -0.2) is 35.1 Å². The monoisotopic (exact) mass is 373 g/mol. The zero-order chi connectivity index (χ0) is 19.7. The summed E-state index contributed by atoms with van der Waals surface area (Å²) in [6, 6.07) is 19.8. The van der Waals surface area contributed by atoms with Crippen molar-refractivity contribution in [3.8, 4) is 5.75 Å². The van der Waals surface area contributed by atoms with E-state index in [4.69, 9.17) is 4.74 Å². The molecule has 3 aromatic carbocycles. The lowest BCUT2D eigenvalue weighted by molar-refractivity contribution is -0.135. The highest BCUT2D eigenvalue weighted by atomic mass is 16.5. The molecule has 0 saturated heterocycles. The first-order valence-corrected chi connectivity index (χ1v) is 9.22. The Hall–Kier alpha value is -3.47. The molecule has 1 heterocycles. The quantitative estimate of drug-likeness (QED) is 0.515. The van der Waals surface area contributed by atoms with Crippen molar-refractivity contribution in [1.29, 1.82) is 0 Å². The number of carbonyl (C=O) groups is 3. The first kappa shape index (κ1) is 17.9. The van der Waals surface area contributed by atoms with Crippen molar-refractivity contribution >= 4 is 28.4 Å². The van der Waals surface area contributed by atoms with Crippen molar-refractivity contribution in [1.82, 2.24) is 4.90 Å². The van der Waals surface area contributed by atoms with Crippen LogP contribution in [0.4, 0.5) is 0 Å². The number of rotatable bonds is 4. The summed E-state index contributed by atoms with van der Waals surface area (Å²) in [5.41, 5.74) is 0.754. The fourth-order valence-electron chi connectivity index (χ4n) is 3.37. The lowest BCUT2D eigenvalue weighted by Crippen LogP contribution is -2.45. The number of nitrogens with zero attached hydrogens (tertiary/aromatic N) is 1. The molecular formula is C23H19NO4. The maximum absolute atomic E-state index is 13.0. The minimum atomic E-state index is -0.794. The summed E-state index contributed by atoms with van der Waals surface area (Å²) in [7, 11) is 0. The second kappa shape index (κ2) is 7.27. The summed E-state index contributed by atoms with van der Waals surface area (Å²) >= 11 is 0. The Morgan fingerprint density at radius 2 is 1.68 bits per heavy atom. The molecule has 0 unspecified atom stereocenters. The molecule has 140 valence electrons. The van der Waals surface area contributed by atoms with E-state index in [2.05, 4.69) is 0 Å². The number of hydrogen-bond acceptors (Lipinski definition) is 4. The van der Waals surface area contributed by atoms with Crippen molar-refractivity contribution in [3.05, 3.63) is 77.9 Å². The molecule has 0 aromatic heterocycles. The van der Waals surface area contributed by atoms with Gasteiger partial charge in [0.05, 0.1) is 12.1 Å². The van der Waals surface area contributed by atoms with E-state index in [1.54, 1.807) is 36.4 Å². The van der Waals surface area contributed by atoms with Crippen molar-refractivity contribution in [2.45, 2.75) is 19.4 Å². The largest absolute Gasteiger partial charge is 0.480 e. The van der Waals surface area contributed by atoms with Gasteiger partial charge in [-0.1, -0.05) is 55.5 Å². The Labute approximate surface area is 162 Å². The second-order valence-corrected chi connectivity index (χ2v) is 6.73. The Morgan fingerprint density at radius 1 is 0.964 bits per heavy atom. The molecule has 28 heavy (non-hydrogen) atoms. The van der Waals surface area contributed by atoms with Crippen LogP contribution in [0.5, 0.6) is 5.75 Å². The smallest absolute Gasteiger partial charge is 0.270 e. The van der Waals surface area contributed by atoms with Crippen LogP contribution in [0.15, 0.2) is 66.7 Å². The third-order valence-corrected chi connectivity index (χ3v) is 4.92. The molecule has 1 aliphatic rings. The average Bonchev–Trinajstić information content (AvgIpc) is 2.83. The van der Waals surface area contributed by atoms with Gasteiger partial charge in [0.15, 0.2) is 11.9 Å². The SMILES string of the molecule is CC[C@H]1Oc2ccccc2C(=O)N(CC(=O)c2ccc3ccccc3c2)C1=O. The number of amides is 2. The van der Waals surface area contributed by atoms with Gasteiger partial charge in [0.2, 0.25) is 0 Å². The van der Waals surface area contributed by atoms with E-state index >= 15 is 0 Å². The summed E-state index contributed by atoms with van der Waals surface area (Å²) in [5, 5.41) is 1.95. The summed E-state index contributed by atoms with van der Waals surface area (Å²) < 4.78 is 5.74. The molecule has 1 aliphatic heterocycles. The number of imide groups is 1. The number of carbonyl (C=O) groups excluding carboxylic acids is 3. The van der Waals surface area contributed by atoms with E-state index in [9.17, 15) is 14.4 Å². The van der Waals surface area contributed by atoms with Gasteiger partial charge in [-0.05, 0) is 35.4 Å². The van der Waals surface area contributed by atoms with Gasteiger partial charge in [0.1, 0.15) is 5.75 Å². The molecule has 0 saturated carbocycles. The van der Waals surface area contributed by atoms with E-state index in [1.165, 1.54) is 0 Å². The number of hydrogen-bond donors (Lipinski definition) is 0. The topological polar surface area (TPSA) is 63.7 Å². The molecule has 5 nitrogen and oxygen atoms in total. The Morgan fingerprint density at radius 3 is 2.46 bits per heavy atom. The van der Waals surface area contributed by atoms with Crippen molar-refractivity contribution < 1.29 is 19.1 Å². The number of benzene rings is 3. The molecule has 0 fully saturated rings. The van der Waals surface area contributed by atoms with Gasteiger partial charge in [-0.15, -0.1) is 0 Å². The highest BCUT2D eigenvalue weighted by molar-refractivity contribution is 6.12. The number of Topliss-reactive ketones (excluding diaryl/α,β-unsaturated/α-hetero) is 1. The lowest BCUT2D eigenvalue weighted by Gasteiger charge is -2.21. The van der Waals surface area contributed by atoms with Crippen LogP contribution in [0.25, 0.3) is 10.8 Å². The van der Waals surface area contributed by atoms with E-state index in [1.807, 2.05) is 37.3 Å². The van der Waals surface area contributed by atoms with Crippen LogP contribution >= 0.6 is 0 Å². The first-order valence-electron chi connectivity index (χ1n) is 9.22.